The molecule has 2 N–H and O–H groups in total. The number of ketones is 1. The molecule has 0 aliphatic carbocycles. The molecular formula is C22H22N2O7. The Hall–Kier alpha value is -3.88. The van der Waals surface area contributed by atoms with Gasteiger partial charge in [-0.25, -0.2) is 4.79 Å². The number of carbonyl (C=O) groups is 4. The summed E-state index contributed by atoms with van der Waals surface area (Å²) in [4.78, 5) is 48.7. The van der Waals surface area contributed by atoms with E-state index in [1.807, 2.05) is 0 Å². The van der Waals surface area contributed by atoms with Crippen molar-refractivity contribution >= 4 is 23.7 Å². The summed E-state index contributed by atoms with van der Waals surface area (Å²) in [6.07, 6.45) is -1.67. The Balaban J connectivity index is 1.62. The molecule has 0 radical (unpaired) electrons. The van der Waals surface area contributed by atoms with E-state index < -0.39 is 24.0 Å². The Morgan fingerprint density at radius 2 is 1.68 bits per heavy atom. The summed E-state index contributed by atoms with van der Waals surface area (Å²) in [5.41, 5.74) is 0.782. The number of Topliss-reactive ketones (excluding diaryl/α,β-unsaturated/α-hetero) is 1. The van der Waals surface area contributed by atoms with Crippen LogP contribution in [0.1, 0.15) is 34.9 Å². The first-order valence-electron chi connectivity index (χ1n) is 9.68. The Kier molecular flexibility index (Phi) is 7.21. The van der Waals surface area contributed by atoms with E-state index in [-0.39, 0.29) is 18.6 Å². The number of amides is 3. The number of rotatable bonds is 7. The van der Waals surface area contributed by atoms with Crippen molar-refractivity contribution < 1.29 is 33.4 Å². The lowest BCUT2D eigenvalue weighted by Gasteiger charge is -2.19. The van der Waals surface area contributed by atoms with Gasteiger partial charge in [-0.3, -0.25) is 19.7 Å². The predicted molar refractivity (Wildman–Crippen MR) is 109 cm³/mol. The number of hydrogen-bond donors (Lipinski definition) is 2. The Bertz CT molecular complexity index is 975. The van der Waals surface area contributed by atoms with Crippen LogP contribution >= 0.6 is 0 Å². The third-order valence-corrected chi connectivity index (χ3v) is 4.47. The molecule has 3 amide bonds. The van der Waals surface area contributed by atoms with Crippen LogP contribution in [0.15, 0.2) is 48.5 Å². The summed E-state index contributed by atoms with van der Waals surface area (Å²) in [6.45, 7) is 0.845. The van der Waals surface area contributed by atoms with E-state index in [4.69, 9.17) is 14.2 Å². The number of hydrogen-bond acceptors (Lipinski definition) is 7. The van der Waals surface area contributed by atoms with Gasteiger partial charge in [0.15, 0.2) is 17.3 Å². The van der Waals surface area contributed by atoms with Crippen LogP contribution in [0.3, 0.4) is 0 Å². The number of benzene rings is 2. The minimum Gasteiger partial charge on any atom is -0.486 e. The van der Waals surface area contributed by atoms with Crippen molar-refractivity contribution in [2.45, 2.75) is 18.9 Å². The first-order valence-corrected chi connectivity index (χ1v) is 9.68. The molecule has 9 heteroatoms. The molecule has 3 rings (SSSR count). The van der Waals surface area contributed by atoms with Crippen LogP contribution in [-0.4, -0.2) is 44.0 Å². The van der Waals surface area contributed by atoms with Crippen molar-refractivity contribution in [3.63, 3.8) is 0 Å². The molecule has 2 aromatic rings. The summed E-state index contributed by atoms with van der Waals surface area (Å²) in [5.74, 6) is -0.770. The SMILES string of the molecule is CNC(=O)NC(=O)[C@H](OC(=O)CCC(=O)c1ccc2c(c1)OCCO2)c1ccccc1. The molecule has 2 aromatic carbocycles. The maximum absolute atomic E-state index is 12.5. The van der Waals surface area contributed by atoms with Gasteiger partial charge in [0, 0.05) is 24.6 Å². The second-order valence-corrected chi connectivity index (χ2v) is 6.63. The van der Waals surface area contributed by atoms with Gasteiger partial charge in [-0.15, -0.1) is 0 Å². The average Bonchev–Trinajstić information content (AvgIpc) is 2.81. The van der Waals surface area contributed by atoms with Crippen LogP contribution in [0.4, 0.5) is 4.79 Å². The molecule has 9 nitrogen and oxygen atoms in total. The third-order valence-electron chi connectivity index (χ3n) is 4.47. The average molecular weight is 426 g/mol. The summed E-state index contributed by atoms with van der Waals surface area (Å²) < 4.78 is 16.2. The van der Waals surface area contributed by atoms with E-state index in [0.29, 0.717) is 35.8 Å². The number of ether oxygens (including phenoxy) is 3. The van der Waals surface area contributed by atoms with Crippen molar-refractivity contribution in [3.8, 4) is 11.5 Å². The highest BCUT2D eigenvalue weighted by Crippen LogP contribution is 2.31. The highest BCUT2D eigenvalue weighted by atomic mass is 16.6. The highest BCUT2D eigenvalue weighted by Gasteiger charge is 2.26. The van der Waals surface area contributed by atoms with Crippen LogP contribution in [0, 0.1) is 0 Å². The van der Waals surface area contributed by atoms with Crippen molar-refractivity contribution in [3.05, 3.63) is 59.7 Å². The minimum atomic E-state index is -1.32. The van der Waals surface area contributed by atoms with E-state index in [1.54, 1.807) is 48.5 Å². The maximum atomic E-state index is 12.5. The Labute approximate surface area is 178 Å². The number of urea groups is 1. The molecular weight excluding hydrogens is 404 g/mol. The van der Waals surface area contributed by atoms with Crippen molar-refractivity contribution in [1.29, 1.82) is 0 Å². The number of imide groups is 1. The second-order valence-electron chi connectivity index (χ2n) is 6.63. The standard InChI is InChI=1S/C22H22N2O7/c1-23-22(28)24-21(27)20(14-5-3-2-4-6-14)31-19(26)10-8-16(25)15-7-9-17-18(13-15)30-12-11-29-17/h2-7,9,13,20H,8,10-12H2,1H3,(H2,23,24,27,28)/t20-/m1/s1. The normalized spacial score (nSPS) is 12.9. The van der Waals surface area contributed by atoms with Gasteiger partial charge >= 0.3 is 12.0 Å². The summed E-state index contributed by atoms with van der Waals surface area (Å²) in [5, 5.41) is 4.35. The smallest absolute Gasteiger partial charge is 0.321 e. The predicted octanol–water partition coefficient (Wildman–Crippen LogP) is 2.16. The first kappa shape index (κ1) is 21.8. The third kappa shape index (κ3) is 5.81. The van der Waals surface area contributed by atoms with E-state index >= 15 is 0 Å². The van der Waals surface area contributed by atoms with Crippen molar-refractivity contribution in [2.24, 2.45) is 0 Å². The molecule has 0 aromatic heterocycles. The van der Waals surface area contributed by atoms with E-state index in [9.17, 15) is 19.2 Å². The van der Waals surface area contributed by atoms with Crippen LogP contribution in [0.25, 0.3) is 0 Å². The second kappa shape index (κ2) is 10.2. The molecule has 162 valence electrons. The molecule has 1 atom stereocenters. The minimum absolute atomic E-state index is 0.114. The quantitative estimate of drug-likeness (QED) is 0.514. The van der Waals surface area contributed by atoms with Gasteiger partial charge in [0.2, 0.25) is 6.10 Å². The highest BCUT2D eigenvalue weighted by molar-refractivity contribution is 5.99. The molecule has 1 aliphatic rings. The molecule has 0 saturated carbocycles. The van der Waals surface area contributed by atoms with Crippen LogP contribution in [0.2, 0.25) is 0 Å². The molecule has 31 heavy (non-hydrogen) atoms. The molecule has 0 spiro atoms. The van der Waals surface area contributed by atoms with Crippen molar-refractivity contribution in [1.82, 2.24) is 10.6 Å². The number of fused-ring (bicyclic) bond motifs is 1. The fourth-order valence-corrected chi connectivity index (χ4v) is 2.91. The molecule has 0 bridgehead atoms. The summed E-state index contributed by atoms with van der Waals surface area (Å²) >= 11 is 0. The topological polar surface area (TPSA) is 120 Å². The zero-order valence-electron chi connectivity index (χ0n) is 16.9. The van der Waals surface area contributed by atoms with Gasteiger partial charge in [-0.2, -0.15) is 0 Å². The van der Waals surface area contributed by atoms with Gasteiger partial charge in [-0.05, 0) is 18.2 Å². The molecule has 1 aliphatic heterocycles. The van der Waals surface area contributed by atoms with E-state index in [0.717, 1.165) is 0 Å². The molecule has 0 saturated heterocycles. The van der Waals surface area contributed by atoms with Gasteiger partial charge < -0.3 is 19.5 Å². The summed E-state index contributed by atoms with van der Waals surface area (Å²) in [7, 11) is 1.36. The lowest BCUT2D eigenvalue weighted by Crippen LogP contribution is -2.41. The molecule has 1 heterocycles. The lowest BCUT2D eigenvalue weighted by atomic mass is 10.1. The molecule has 0 unspecified atom stereocenters. The fourth-order valence-electron chi connectivity index (χ4n) is 2.91. The zero-order valence-corrected chi connectivity index (χ0v) is 16.9. The maximum Gasteiger partial charge on any atom is 0.321 e. The van der Waals surface area contributed by atoms with Crippen LogP contribution < -0.4 is 20.1 Å². The lowest BCUT2D eigenvalue weighted by molar-refractivity contribution is -0.156. The monoisotopic (exact) mass is 426 g/mol. The molecule has 0 fully saturated rings. The number of esters is 1. The van der Waals surface area contributed by atoms with Gasteiger partial charge in [0.25, 0.3) is 5.91 Å². The van der Waals surface area contributed by atoms with Gasteiger partial charge in [0.05, 0.1) is 6.42 Å². The van der Waals surface area contributed by atoms with Gasteiger partial charge in [0.1, 0.15) is 13.2 Å². The summed E-state index contributed by atoms with van der Waals surface area (Å²) in [6, 6.07) is 12.4. The van der Waals surface area contributed by atoms with E-state index in [2.05, 4.69) is 10.6 Å². The van der Waals surface area contributed by atoms with Crippen LogP contribution in [-0.2, 0) is 14.3 Å². The fraction of sp³-hybridized carbons (Fsp3) is 0.273. The Morgan fingerprint density at radius 1 is 0.968 bits per heavy atom. The first-order chi connectivity index (χ1) is 15.0. The van der Waals surface area contributed by atoms with Crippen LogP contribution in [0.5, 0.6) is 11.5 Å². The Morgan fingerprint density at radius 3 is 2.39 bits per heavy atom. The van der Waals surface area contributed by atoms with E-state index in [1.165, 1.54) is 7.05 Å². The number of carbonyl (C=O) groups excluding carboxylic acids is 4. The van der Waals surface area contributed by atoms with Crippen molar-refractivity contribution in [2.75, 3.05) is 20.3 Å². The largest absolute Gasteiger partial charge is 0.486 e. The zero-order chi connectivity index (χ0) is 22.2. The van der Waals surface area contributed by atoms with Gasteiger partial charge in [-0.1, -0.05) is 30.3 Å². The number of nitrogens with one attached hydrogen (secondary N) is 2.